The Morgan fingerprint density at radius 1 is 0.957 bits per heavy atom. The van der Waals surface area contributed by atoms with Crippen molar-refractivity contribution in [2.24, 2.45) is 0 Å². The molecule has 0 aliphatic heterocycles. The Kier molecular flexibility index (Phi) is 5.35. The number of ether oxygens (including phenoxy) is 1. The molecule has 118 valence electrons. The van der Waals surface area contributed by atoms with Gasteiger partial charge in [0, 0.05) is 11.9 Å². The summed E-state index contributed by atoms with van der Waals surface area (Å²) in [5.41, 5.74) is 0.858. The molecule has 6 heteroatoms. The maximum absolute atomic E-state index is 10.7. The first-order chi connectivity index (χ1) is 11.1. The van der Waals surface area contributed by atoms with Crippen molar-refractivity contribution >= 4 is 17.6 Å². The van der Waals surface area contributed by atoms with E-state index in [1.165, 1.54) is 0 Å². The van der Waals surface area contributed by atoms with Crippen LogP contribution in [0, 0.1) is 0 Å². The van der Waals surface area contributed by atoms with E-state index in [9.17, 15) is 9.59 Å². The van der Waals surface area contributed by atoms with Gasteiger partial charge in [-0.25, -0.2) is 9.59 Å². The van der Waals surface area contributed by atoms with Crippen molar-refractivity contribution in [2.45, 2.75) is 6.61 Å². The summed E-state index contributed by atoms with van der Waals surface area (Å²) in [6.07, 6.45) is 0.935. The van der Waals surface area contributed by atoms with E-state index >= 15 is 0 Å². The third kappa shape index (κ3) is 4.89. The average Bonchev–Trinajstić information content (AvgIpc) is 2.54. The molecule has 0 heterocycles. The van der Waals surface area contributed by atoms with E-state index in [1.54, 1.807) is 24.3 Å². The van der Waals surface area contributed by atoms with Crippen molar-refractivity contribution in [1.82, 2.24) is 0 Å². The standard InChI is InChI=1S/C17H15NO5/c19-16(20)15(17(21)22)10-18-13-6-8-14(9-7-13)23-11-12-4-2-1-3-5-12/h1-10,18H,11H2,(H,19,20)(H,21,22). The van der Waals surface area contributed by atoms with Gasteiger partial charge < -0.3 is 20.3 Å². The Hall–Kier alpha value is -3.28. The predicted molar refractivity (Wildman–Crippen MR) is 84.2 cm³/mol. The quantitative estimate of drug-likeness (QED) is 0.413. The van der Waals surface area contributed by atoms with Gasteiger partial charge in [0.2, 0.25) is 0 Å². The molecule has 2 rings (SSSR count). The van der Waals surface area contributed by atoms with Gasteiger partial charge in [-0.05, 0) is 29.8 Å². The van der Waals surface area contributed by atoms with Gasteiger partial charge in [0.15, 0.2) is 5.57 Å². The monoisotopic (exact) mass is 313 g/mol. The third-order valence-electron chi connectivity index (χ3n) is 2.95. The molecule has 2 aromatic rings. The van der Waals surface area contributed by atoms with E-state index in [0.717, 1.165) is 11.8 Å². The summed E-state index contributed by atoms with van der Waals surface area (Å²) < 4.78 is 5.62. The number of benzene rings is 2. The van der Waals surface area contributed by atoms with Crippen LogP contribution in [0.1, 0.15) is 5.56 Å². The molecule has 0 aromatic heterocycles. The van der Waals surface area contributed by atoms with E-state index in [-0.39, 0.29) is 0 Å². The lowest BCUT2D eigenvalue weighted by Gasteiger charge is -2.07. The summed E-state index contributed by atoms with van der Waals surface area (Å²) in [6.45, 7) is 0.440. The highest BCUT2D eigenvalue weighted by Crippen LogP contribution is 2.17. The number of anilines is 1. The lowest BCUT2D eigenvalue weighted by Crippen LogP contribution is -2.12. The fourth-order valence-corrected chi connectivity index (χ4v) is 1.76. The first kappa shape index (κ1) is 16.1. The Bertz CT molecular complexity index is 692. The fraction of sp³-hybridized carbons (Fsp3) is 0.0588. The molecule has 23 heavy (non-hydrogen) atoms. The zero-order valence-electron chi connectivity index (χ0n) is 12.1. The predicted octanol–water partition coefficient (Wildman–Crippen LogP) is 2.73. The summed E-state index contributed by atoms with van der Waals surface area (Å²) in [6, 6.07) is 16.5. The second-order valence-electron chi connectivity index (χ2n) is 4.61. The molecule has 6 nitrogen and oxygen atoms in total. The highest BCUT2D eigenvalue weighted by molar-refractivity contribution is 6.12. The van der Waals surface area contributed by atoms with Crippen LogP contribution in [0.2, 0.25) is 0 Å². The van der Waals surface area contributed by atoms with Gasteiger partial charge in [-0.1, -0.05) is 30.3 Å². The molecule has 0 aliphatic rings. The highest BCUT2D eigenvalue weighted by atomic mass is 16.5. The Morgan fingerprint density at radius 2 is 1.57 bits per heavy atom. The second kappa shape index (κ2) is 7.65. The Balaban J connectivity index is 1.95. The van der Waals surface area contributed by atoms with Crippen LogP contribution in [0.5, 0.6) is 5.75 Å². The molecule has 0 aliphatic carbocycles. The van der Waals surface area contributed by atoms with Gasteiger partial charge in [0.1, 0.15) is 12.4 Å². The van der Waals surface area contributed by atoms with Crippen molar-refractivity contribution < 1.29 is 24.5 Å². The molecule has 3 N–H and O–H groups in total. The SMILES string of the molecule is O=C(O)C(=CNc1ccc(OCc2ccccc2)cc1)C(=O)O. The average molecular weight is 313 g/mol. The Labute approximate surface area is 132 Å². The first-order valence-corrected chi connectivity index (χ1v) is 6.76. The van der Waals surface area contributed by atoms with E-state index in [4.69, 9.17) is 14.9 Å². The van der Waals surface area contributed by atoms with E-state index in [1.807, 2.05) is 30.3 Å². The van der Waals surface area contributed by atoms with Crippen molar-refractivity contribution in [3.63, 3.8) is 0 Å². The number of carbonyl (C=O) groups is 2. The van der Waals surface area contributed by atoms with Gasteiger partial charge in [-0.2, -0.15) is 0 Å². The molecule has 0 fully saturated rings. The summed E-state index contributed by atoms with van der Waals surface area (Å²) in [7, 11) is 0. The fourth-order valence-electron chi connectivity index (χ4n) is 1.76. The minimum absolute atomic E-state index is 0.440. The lowest BCUT2D eigenvalue weighted by molar-refractivity contribution is -0.140. The van der Waals surface area contributed by atoms with Gasteiger partial charge in [0.05, 0.1) is 0 Å². The van der Waals surface area contributed by atoms with E-state index in [2.05, 4.69) is 5.32 Å². The van der Waals surface area contributed by atoms with Crippen molar-refractivity contribution in [3.05, 3.63) is 71.9 Å². The van der Waals surface area contributed by atoms with Gasteiger partial charge >= 0.3 is 11.9 Å². The third-order valence-corrected chi connectivity index (χ3v) is 2.95. The smallest absolute Gasteiger partial charge is 0.344 e. The number of hydrogen-bond donors (Lipinski definition) is 3. The molecule has 0 unspecified atom stereocenters. The molecule has 0 spiro atoms. The summed E-state index contributed by atoms with van der Waals surface area (Å²) in [5, 5.41) is 20.1. The molecule has 0 amide bonds. The number of hydrogen-bond acceptors (Lipinski definition) is 4. The number of rotatable bonds is 7. The van der Waals surface area contributed by atoms with E-state index in [0.29, 0.717) is 18.0 Å². The summed E-state index contributed by atoms with van der Waals surface area (Å²) in [4.78, 5) is 21.5. The molecule has 0 bridgehead atoms. The molecular formula is C17H15NO5. The largest absolute Gasteiger partial charge is 0.489 e. The van der Waals surface area contributed by atoms with Crippen LogP contribution in [0.15, 0.2) is 66.4 Å². The minimum Gasteiger partial charge on any atom is -0.489 e. The van der Waals surface area contributed by atoms with Crippen LogP contribution in [-0.4, -0.2) is 22.2 Å². The van der Waals surface area contributed by atoms with Crippen LogP contribution in [-0.2, 0) is 16.2 Å². The number of aliphatic carboxylic acids is 2. The zero-order valence-corrected chi connectivity index (χ0v) is 12.1. The molecule has 0 saturated heterocycles. The second-order valence-corrected chi connectivity index (χ2v) is 4.61. The Morgan fingerprint density at radius 3 is 2.13 bits per heavy atom. The first-order valence-electron chi connectivity index (χ1n) is 6.76. The minimum atomic E-state index is -1.51. The molecule has 2 aromatic carbocycles. The van der Waals surface area contributed by atoms with Crippen LogP contribution in [0.4, 0.5) is 5.69 Å². The van der Waals surface area contributed by atoms with Gasteiger partial charge in [0.25, 0.3) is 0 Å². The van der Waals surface area contributed by atoms with Gasteiger partial charge in [-0.3, -0.25) is 0 Å². The molecule has 0 radical (unpaired) electrons. The number of nitrogens with one attached hydrogen (secondary N) is 1. The lowest BCUT2D eigenvalue weighted by atomic mass is 10.2. The summed E-state index contributed by atoms with van der Waals surface area (Å²) in [5.74, 6) is -2.36. The van der Waals surface area contributed by atoms with Crippen LogP contribution >= 0.6 is 0 Å². The van der Waals surface area contributed by atoms with E-state index < -0.39 is 17.5 Å². The highest BCUT2D eigenvalue weighted by Gasteiger charge is 2.15. The molecule has 0 atom stereocenters. The topological polar surface area (TPSA) is 95.9 Å². The van der Waals surface area contributed by atoms with Crippen LogP contribution in [0.25, 0.3) is 0 Å². The summed E-state index contributed by atoms with van der Waals surface area (Å²) >= 11 is 0. The zero-order chi connectivity index (χ0) is 16.7. The van der Waals surface area contributed by atoms with Crippen molar-refractivity contribution in [1.29, 1.82) is 0 Å². The normalized spacial score (nSPS) is 9.74. The van der Waals surface area contributed by atoms with Crippen molar-refractivity contribution in [3.8, 4) is 5.75 Å². The number of carboxylic acid groups (broad SMARTS) is 2. The van der Waals surface area contributed by atoms with Crippen LogP contribution in [0.3, 0.4) is 0 Å². The van der Waals surface area contributed by atoms with Gasteiger partial charge in [-0.15, -0.1) is 0 Å². The maximum atomic E-state index is 10.7. The maximum Gasteiger partial charge on any atom is 0.344 e. The number of carboxylic acids is 2. The molecule has 0 saturated carbocycles. The van der Waals surface area contributed by atoms with Crippen molar-refractivity contribution in [2.75, 3.05) is 5.32 Å². The van der Waals surface area contributed by atoms with Crippen LogP contribution < -0.4 is 10.1 Å². The molecular weight excluding hydrogens is 298 g/mol.